The van der Waals surface area contributed by atoms with Gasteiger partial charge in [0, 0.05) is 17.2 Å². The molecular formula is C23H24FN3OS. The number of hydrogen-bond donors (Lipinski definition) is 0. The lowest BCUT2D eigenvalue weighted by Crippen LogP contribution is -2.18. The van der Waals surface area contributed by atoms with Crippen molar-refractivity contribution in [2.45, 2.75) is 55.5 Å². The van der Waals surface area contributed by atoms with Crippen LogP contribution in [0.3, 0.4) is 0 Å². The van der Waals surface area contributed by atoms with Crippen LogP contribution in [-0.2, 0) is 0 Å². The first kappa shape index (κ1) is 19.8. The Morgan fingerprint density at radius 2 is 1.83 bits per heavy atom. The quantitative estimate of drug-likeness (QED) is 0.373. The molecule has 2 aromatic carbocycles. The van der Waals surface area contributed by atoms with Gasteiger partial charge < -0.3 is 0 Å². The molecule has 29 heavy (non-hydrogen) atoms. The van der Waals surface area contributed by atoms with E-state index in [2.05, 4.69) is 14.8 Å². The molecule has 1 atom stereocenters. The van der Waals surface area contributed by atoms with E-state index in [0.29, 0.717) is 11.4 Å². The summed E-state index contributed by atoms with van der Waals surface area (Å²) in [5, 5.41) is 9.26. The van der Waals surface area contributed by atoms with Crippen LogP contribution >= 0.6 is 11.8 Å². The van der Waals surface area contributed by atoms with Crippen molar-refractivity contribution in [2.24, 2.45) is 0 Å². The van der Waals surface area contributed by atoms with Gasteiger partial charge in [-0.1, -0.05) is 73.5 Å². The Morgan fingerprint density at radius 3 is 2.55 bits per heavy atom. The normalized spacial score (nSPS) is 15.9. The Morgan fingerprint density at radius 1 is 1.07 bits per heavy atom. The molecule has 6 heteroatoms. The second-order valence-corrected chi connectivity index (χ2v) is 8.78. The van der Waals surface area contributed by atoms with Crippen molar-refractivity contribution in [2.75, 3.05) is 0 Å². The minimum atomic E-state index is -0.289. The average Bonchev–Trinajstić information content (AvgIpc) is 3.18. The molecule has 0 N–H and O–H groups in total. The van der Waals surface area contributed by atoms with Crippen molar-refractivity contribution >= 4 is 17.5 Å². The van der Waals surface area contributed by atoms with Gasteiger partial charge in [0.05, 0.1) is 5.25 Å². The molecule has 3 aromatic rings. The molecule has 1 aliphatic carbocycles. The van der Waals surface area contributed by atoms with E-state index in [9.17, 15) is 9.18 Å². The van der Waals surface area contributed by atoms with Crippen LogP contribution in [0.25, 0.3) is 11.4 Å². The summed E-state index contributed by atoms with van der Waals surface area (Å²) < 4.78 is 16.0. The number of carbonyl (C=O) groups is 1. The fraction of sp³-hybridized carbons (Fsp3) is 0.348. The highest BCUT2D eigenvalue weighted by Crippen LogP contribution is 2.37. The SMILES string of the molecule is CC(Sc1nnc(-c2cccc(F)c2)n1C1CCCCC1)C(=O)c1ccccc1. The molecule has 0 saturated heterocycles. The van der Waals surface area contributed by atoms with Gasteiger partial charge in [0.1, 0.15) is 5.82 Å². The number of carbonyl (C=O) groups excluding carboxylic acids is 1. The molecule has 0 spiro atoms. The highest BCUT2D eigenvalue weighted by molar-refractivity contribution is 8.00. The van der Waals surface area contributed by atoms with E-state index in [0.717, 1.165) is 36.4 Å². The third-order valence-electron chi connectivity index (χ3n) is 5.40. The van der Waals surface area contributed by atoms with E-state index in [1.165, 1.54) is 30.3 Å². The Balaban J connectivity index is 1.66. The molecular weight excluding hydrogens is 385 g/mol. The Labute approximate surface area is 174 Å². The number of rotatable bonds is 6. The van der Waals surface area contributed by atoms with E-state index in [4.69, 9.17) is 0 Å². The number of benzene rings is 2. The second kappa shape index (κ2) is 8.91. The summed E-state index contributed by atoms with van der Waals surface area (Å²) in [4.78, 5) is 12.8. The van der Waals surface area contributed by atoms with Gasteiger partial charge in [-0.25, -0.2) is 4.39 Å². The number of aromatic nitrogens is 3. The fourth-order valence-corrected chi connectivity index (χ4v) is 4.90. The van der Waals surface area contributed by atoms with Crippen LogP contribution in [0.5, 0.6) is 0 Å². The number of Topliss-reactive ketones (excluding diaryl/α,β-unsaturated/α-hetero) is 1. The summed E-state index contributed by atoms with van der Waals surface area (Å²) in [6, 6.07) is 16.1. The van der Waals surface area contributed by atoms with Crippen molar-refractivity contribution in [3.63, 3.8) is 0 Å². The van der Waals surface area contributed by atoms with Crippen molar-refractivity contribution in [3.8, 4) is 11.4 Å². The zero-order valence-corrected chi connectivity index (χ0v) is 17.2. The topological polar surface area (TPSA) is 47.8 Å². The van der Waals surface area contributed by atoms with Crippen LogP contribution in [-0.4, -0.2) is 25.8 Å². The lowest BCUT2D eigenvalue weighted by molar-refractivity contribution is 0.0993. The van der Waals surface area contributed by atoms with Crippen molar-refractivity contribution < 1.29 is 9.18 Å². The number of ketones is 1. The molecule has 150 valence electrons. The van der Waals surface area contributed by atoms with Gasteiger partial charge in [-0.15, -0.1) is 10.2 Å². The fourth-order valence-electron chi connectivity index (χ4n) is 3.90. The van der Waals surface area contributed by atoms with E-state index < -0.39 is 0 Å². The number of hydrogen-bond acceptors (Lipinski definition) is 4. The van der Waals surface area contributed by atoms with Gasteiger partial charge in [0.2, 0.25) is 0 Å². The van der Waals surface area contributed by atoms with Crippen molar-refractivity contribution in [1.82, 2.24) is 14.8 Å². The van der Waals surface area contributed by atoms with Gasteiger partial charge in [0.15, 0.2) is 16.8 Å². The molecule has 4 nitrogen and oxygen atoms in total. The maximum atomic E-state index is 13.8. The average molecular weight is 410 g/mol. The molecule has 0 amide bonds. The first-order valence-corrected chi connectivity index (χ1v) is 11.0. The monoisotopic (exact) mass is 409 g/mol. The highest BCUT2D eigenvalue weighted by atomic mass is 32.2. The third-order valence-corrected chi connectivity index (χ3v) is 6.45. The molecule has 1 saturated carbocycles. The lowest BCUT2D eigenvalue weighted by Gasteiger charge is -2.26. The van der Waals surface area contributed by atoms with Gasteiger partial charge in [-0.2, -0.15) is 0 Å². The van der Waals surface area contributed by atoms with Crippen LogP contribution in [0.2, 0.25) is 0 Å². The molecule has 1 fully saturated rings. The number of nitrogens with zero attached hydrogens (tertiary/aromatic N) is 3. The number of thioether (sulfide) groups is 1. The molecule has 0 aliphatic heterocycles. The zero-order valence-electron chi connectivity index (χ0n) is 16.4. The molecule has 1 heterocycles. The minimum absolute atomic E-state index is 0.0705. The third kappa shape index (κ3) is 4.42. The first-order chi connectivity index (χ1) is 14.1. The molecule has 1 aromatic heterocycles. The van der Waals surface area contributed by atoms with E-state index in [-0.39, 0.29) is 22.9 Å². The van der Waals surface area contributed by atoms with Crippen LogP contribution in [0.15, 0.2) is 59.8 Å². The summed E-state index contributed by atoms with van der Waals surface area (Å²) >= 11 is 1.43. The van der Waals surface area contributed by atoms with E-state index >= 15 is 0 Å². The van der Waals surface area contributed by atoms with E-state index in [1.54, 1.807) is 6.07 Å². The van der Waals surface area contributed by atoms with Crippen LogP contribution in [0, 0.1) is 5.82 Å². The van der Waals surface area contributed by atoms with E-state index in [1.807, 2.05) is 43.3 Å². The molecule has 1 unspecified atom stereocenters. The molecule has 0 bridgehead atoms. The summed E-state index contributed by atoms with van der Waals surface area (Å²) in [6.07, 6.45) is 5.66. The predicted octanol–water partition coefficient (Wildman–Crippen LogP) is 5.95. The first-order valence-electron chi connectivity index (χ1n) is 10.1. The van der Waals surface area contributed by atoms with Gasteiger partial charge >= 0.3 is 0 Å². The second-order valence-electron chi connectivity index (χ2n) is 7.47. The zero-order chi connectivity index (χ0) is 20.2. The Hall–Kier alpha value is -2.47. The summed E-state index contributed by atoms with van der Waals surface area (Å²) in [6.45, 7) is 1.90. The van der Waals surface area contributed by atoms with Crippen LogP contribution < -0.4 is 0 Å². The summed E-state index contributed by atoms with van der Waals surface area (Å²) in [5.41, 5.74) is 1.42. The summed E-state index contributed by atoms with van der Waals surface area (Å²) in [5.74, 6) is 0.460. The van der Waals surface area contributed by atoms with Crippen molar-refractivity contribution in [1.29, 1.82) is 0 Å². The standard InChI is InChI=1S/C23H24FN3OS/c1-16(21(28)17-9-4-2-5-10-17)29-23-26-25-22(18-11-8-12-19(24)15-18)27(23)20-13-6-3-7-14-20/h2,4-5,8-12,15-16,20H,3,6-7,13-14H2,1H3. The number of halogens is 1. The van der Waals surface area contributed by atoms with Gasteiger partial charge in [-0.05, 0) is 31.9 Å². The maximum Gasteiger partial charge on any atom is 0.192 e. The lowest BCUT2D eigenvalue weighted by atomic mass is 9.95. The molecule has 1 aliphatic rings. The maximum absolute atomic E-state index is 13.8. The van der Waals surface area contributed by atoms with Gasteiger partial charge in [0.25, 0.3) is 0 Å². The predicted molar refractivity (Wildman–Crippen MR) is 114 cm³/mol. The smallest absolute Gasteiger partial charge is 0.192 e. The Kier molecular flexibility index (Phi) is 6.09. The molecule has 4 rings (SSSR count). The van der Waals surface area contributed by atoms with Gasteiger partial charge in [-0.3, -0.25) is 9.36 Å². The Bertz CT molecular complexity index is 983. The summed E-state index contributed by atoms with van der Waals surface area (Å²) in [7, 11) is 0. The molecule has 0 radical (unpaired) electrons. The van der Waals surface area contributed by atoms with Crippen LogP contribution in [0.4, 0.5) is 4.39 Å². The van der Waals surface area contributed by atoms with Crippen LogP contribution in [0.1, 0.15) is 55.4 Å². The highest BCUT2D eigenvalue weighted by Gasteiger charge is 2.27. The minimum Gasteiger partial charge on any atom is -0.299 e. The van der Waals surface area contributed by atoms with Crippen molar-refractivity contribution in [3.05, 3.63) is 66.0 Å². The largest absolute Gasteiger partial charge is 0.299 e.